The van der Waals surface area contributed by atoms with Gasteiger partial charge < -0.3 is 4.57 Å². The molecule has 0 bridgehead atoms. The third-order valence-electron chi connectivity index (χ3n) is 3.42. The minimum atomic E-state index is 0.128. The molecule has 0 aliphatic rings. The second kappa shape index (κ2) is 4.81. The molecule has 0 saturated heterocycles. The van der Waals surface area contributed by atoms with E-state index in [2.05, 4.69) is 29.7 Å². The standard InChI is InChI=1S/C16H19NO/c1-5-14-8-6-7-9-16(14)17-11(2)10-15(12(17)3)13(4)18/h6-10H,5H2,1-4H3. The smallest absolute Gasteiger partial charge is 0.161 e. The van der Waals surface area contributed by atoms with Crippen LogP contribution in [0.5, 0.6) is 0 Å². The van der Waals surface area contributed by atoms with Gasteiger partial charge in [-0.1, -0.05) is 25.1 Å². The van der Waals surface area contributed by atoms with Gasteiger partial charge in [0, 0.05) is 22.6 Å². The third kappa shape index (κ3) is 1.99. The fraction of sp³-hybridized carbons (Fsp3) is 0.312. The number of aromatic nitrogens is 1. The highest BCUT2D eigenvalue weighted by atomic mass is 16.1. The van der Waals surface area contributed by atoms with E-state index in [-0.39, 0.29) is 5.78 Å². The summed E-state index contributed by atoms with van der Waals surface area (Å²) in [5.74, 6) is 0.128. The van der Waals surface area contributed by atoms with Crippen molar-refractivity contribution in [2.75, 3.05) is 0 Å². The predicted molar refractivity (Wildman–Crippen MR) is 74.6 cm³/mol. The molecule has 0 unspecified atom stereocenters. The van der Waals surface area contributed by atoms with Gasteiger partial charge in [0.1, 0.15) is 0 Å². The molecule has 0 saturated carbocycles. The fourth-order valence-corrected chi connectivity index (χ4v) is 2.52. The van der Waals surface area contributed by atoms with Gasteiger partial charge in [-0.3, -0.25) is 4.79 Å². The summed E-state index contributed by atoms with van der Waals surface area (Å²) in [6.45, 7) is 7.83. The van der Waals surface area contributed by atoms with Crippen molar-refractivity contribution >= 4 is 5.78 Å². The molecule has 2 heteroatoms. The first-order valence-corrected chi connectivity index (χ1v) is 6.34. The molecular weight excluding hydrogens is 222 g/mol. The Morgan fingerprint density at radius 2 is 1.89 bits per heavy atom. The highest BCUT2D eigenvalue weighted by Crippen LogP contribution is 2.24. The molecule has 0 aliphatic heterocycles. The summed E-state index contributed by atoms with van der Waals surface area (Å²) in [6, 6.07) is 10.3. The molecule has 2 aromatic rings. The molecule has 1 aromatic carbocycles. The van der Waals surface area contributed by atoms with Crippen LogP contribution in [0.25, 0.3) is 5.69 Å². The summed E-state index contributed by atoms with van der Waals surface area (Å²) >= 11 is 0. The Kier molecular flexibility index (Phi) is 3.37. The van der Waals surface area contributed by atoms with Crippen molar-refractivity contribution in [3.8, 4) is 5.69 Å². The lowest BCUT2D eigenvalue weighted by atomic mass is 10.1. The molecule has 1 aromatic heterocycles. The number of nitrogens with zero attached hydrogens (tertiary/aromatic N) is 1. The van der Waals surface area contributed by atoms with Gasteiger partial charge in [0.05, 0.1) is 0 Å². The monoisotopic (exact) mass is 241 g/mol. The summed E-state index contributed by atoms with van der Waals surface area (Å²) in [5.41, 5.74) is 5.44. The van der Waals surface area contributed by atoms with Crippen molar-refractivity contribution < 1.29 is 4.79 Å². The molecule has 0 atom stereocenters. The first-order valence-electron chi connectivity index (χ1n) is 6.34. The van der Waals surface area contributed by atoms with Crippen LogP contribution in [0.15, 0.2) is 30.3 Å². The van der Waals surface area contributed by atoms with Gasteiger partial charge in [0.15, 0.2) is 5.78 Å². The zero-order valence-electron chi connectivity index (χ0n) is 11.4. The number of benzene rings is 1. The topological polar surface area (TPSA) is 22.0 Å². The lowest BCUT2D eigenvalue weighted by Crippen LogP contribution is -2.04. The minimum absolute atomic E-state index is 0.128. The van der Waals surface area contributed by atoms with E-state index >= 15 is 0 Å². The number of aryl methyl sites for hydroxylation is 2. The Morgan fingerprint density at radius 3 is 2.44 bits per heavy atom. The lowest BCUT2D eigenvalue weighted by Gasteiger charge is -2.13. The Labute approximate surface area is 108 Å². The van der Waals surface area contributed by atoms with Crippen LogP contribution in [0.3, 0.4) is 0 Å². The molecular formula is C16H19NO. The number of carbonyl (C=O) groups excluding carboxylic acids is 1. The quantitative estimate of drug-likeness (QED) is 0.748. The van der Waals surface area contributed by atoms with Crippen LogP contribution >= 0.6 is 0 Å². The molecule has 0 N–H and O–H groups in total. The number of hydrogen-bond acceptors (Lipinski definition) is 1. The summed E-state index contributed by atoms with van der Waals surface area (Å²) in [5, 5.41) is 0. The van der Waals surface area contributed by atoms with Gasteiger partial charge in [-0.05, 0) is 44.9 Å². The molecule has 0 amide bonds. The van der Waals surface area contributed by atoms with E-state index < -0.39 is 0 Å². The highest BCUT2D eigenvalue weighted by molar-refractivity contribution is 5.95. The number of hydrogen-bond donors (Lipinski definition) is 0. The van der Waals surface area contributed by atoms with Crippen LogP contribution in [0.1, 0.15) is 41.2 Å². The van der Waals surface area contributed by atoms with Gasteiger partial charge >= 0.3 is 0 Å². The molecule has 2 rings (SSSR count). The van der Waals surface area contributed by atoms with Crippen molar-refractivity contribution in [3.63, 3.8) is 0 Å². The Balaban J connectivity index is 2.68. The maximum absolute atomic E-state index is 11.6. The van der Waals surface area contributed by atoms with E-state index in [4.69, 9.17) is 0 Å². The largest absolute Gasteiger partial charge is 0.317 e. The molecule has 2 nitrogen and oxygen atoms in total. The maximum Gasteiger partial charge on any atom is 0.161 e. The first-order chi connectivity index (χ1) is 8.56. The molecule has 18 heavy (non-hydrogen) atoms. The van der Waals surface area contributed by atoms with Gasteiger partial charge in [0.2, 0.25) is 0 Å². The van der Waals surface area contributed by atoms with E-state index in [0.29, 0.717) is 0 Å². The Hall–Kier alpha value is -1.83. The normalized spacial score (nSPS) is 10.7. The Morgan fingerprint density at radius 1 is 1.22 bits per heavy atom. The number of para-hydroxylation sites is 1. The Bertz CT molecular complexity index is 593. The van der Waals surface area contributed by atoms with Crippen molar-refractivity contribution in [1.29, 1.82) is 0 Å². The first kappa shape index (κ1) is 12.6. The third-order valence-corrected chi connectivity index (χ3v) is 3.42. The van der Waals surface area contributed by atoms with Crippen LogP contribution in [-0.4, -0.2) is 10.4 Å². The average molecular weight is 241 g/mol. The summed E-state index contributed by atoms with van der Waals surface area (Å²) in [7, 11) is 0. The van der Waals surface area contributed by atoms with Crippen LogP contribution < -0.4 is 0 Å². The summed E-state index contributed by atoms with van der Waals surface area (Å²) in [6.07, 6.45) is 0.989. The highest BCUT2D eigenvalue weighted by Gasteiger charge is 2.14. The van der Waals surface area contributed by atoms with Crippen molar-refractivity contribution in [1.82, 2.24) is 4.57 Å². The number of ketones is 1. The summed E-state index contributed by atoms with van der Waals surface area (Å²) in [4.78, 5) is 11.6. The van der Waals surface area contributed by atoms with Crippen LogP contribution in [0.2, 0.25) is 0 Å². The molecule has 0 aliphatic carbocycles. The fourth-order valence-electron chi connectivity index (χ4n) is 2.52. The van der Waals surface area contributed by atoms with E-state index in [0.717, 1.165) is 23.4 Å². The second-order valence-electron chi connectivity index (χ2n) is 4.66. The van der Waals surface area contributed by atoms with Crippen molar-refractivity contribution in [2.45, 2.75) is 34.1 Å². The number of carbonyl (C=O) groups is 1. The molecule has 0 radical (unpaired) electrons. The predicted octanol–water partition coefficient (Wildman–Crippen LogP) is 3.86. The van der Waals surface area contributed by atoms with Crippen LogP contribution in [-0.2, 0) is 6.42 Å². The van der Waals surface area contributed by atoms with E-state index in [1.807, 2.05) is 26.0 Å². The van der Waals surface area contributed by atoms with E-state index in [9.17, 15) is 4.79 Å². The molecule has 94 valence electrons. The second-order valence-corrected chi connectivity index (χ2v) is 4.66. The zero-order chi connectivity index (χ0) is 13.3. The molecule has 0 fully saturated rings. The van der Waals surface area contributed by atoms with E-state index in [1.54, 1.807) is 6.92 Å². The average Bonchev–Trinajstić information content (AvgIpc) is 2.65. The van der Waals surface area contributed by atoms with E-state index in [1.165, 1.54) is 11.3 Å². The molecule has 0 spiro atoms. The van der Waals surface area contributed by atoms with Gasteiger partial charge in [-0.15, -0.1) is 0 Å². The molecule has 1 heterocycles. The van der Waals surface area contributed by atoms with Crippen LogP contribution in [0.4, 0.5) is 0 Å². The van der Waals surface area contributed by atoms with Crippen LogP contribution in [0, 0.1) is 13.8 Å². The zero-order valence-corrected chi connectivity index (χ0v) is 11.4. The maximum atomic E-state index is 11.6. The SMILES string of the molecule is CCc1ccccc1-n1c(C)cc(C(C)=O)c1C. The lowest BCUT2D eigenvalue weighted by molar-refractivity contribution is 0.101. The number of rotatable bonds is 3. The van der Waals surface area contributed by atoms with Gasteiger partial charge in [0.25, 0.3) is 0 Å². The van der Waals surface area contributed by atoms with Crippen molar-refractivity contribution in [3.05, 3.63) is 52.8 Å². The number of Topliss-reactive ketones (excluding diaryl/α,β-unsaturated/α-hetero) is 1. The van der Waals surface area contributed by atoms with Gasteiger partial charge in [-0.25, -0.2) is 0 Å². The van der Waals surface area contributed by atoms with Gasteiger partial charge in [-0.2, -0.15) is 0 Å². The van der Waals surface area contributed by atoms with Crippen molar-refractivity contribution in [2.24, 2.45) is 0 Å². The summed E-state index contributed by atoms with van der Waals surface area (Å²) < 4.78 is 2.18. The minimum Gasteiger partial charge on any atom is -0.317 e.